The molecule has 1 amide bonds. The maximum Gasteiger partial charge on any atom is 0.277 e. The van der Waals surface area contributed by atoms with Crippen LogP contribution in [-0.2, 0) is 17.8 Å². The van der Waals surface area contributed by atoms with E-state index in [1.807, 2.05) is 48.4 Å². The van der Waals surface area contributed by atoms with Gasteiger partial charge in [-0.05, 0) is 30.5 Å². The molecule has 5 rings (SSSR count). The Bertz CT molecular complexity index is 1180. The highest BCUT2D eigenvalue weighted by Crippen LogP contribution is 2.31. The molecular weight excluding hydrogens is 384 g/mol. The molecule has 4 aromatic rings. The van der Waals surface area contributed by atoms with Crippen LogP contribution in [0, 0.1) is 0 Å². The number of para-hydroxylation sites is 1. The minimum atomic E-state index is -0.295. The van der Waals surface area contributed by atoms with Gasteiger partial charge in [0.15, 0.2) is 0 Å². The summed E-state index contributed by atoms with van der Waals surface area (Å²) >= 11 is 1.31. The van der Waals surface area contributed by atoms with Crippen molar-refractivity contribution in [3.05, 3.63) is 65.9 Å². The Kier molecular flexibility index (Phi) is 4.60. The quantitative estimate of drug-likeness (QED) is 0.514. The number of hydrogen-bond acceptors (Lipinski definition) is 5. The Balaban J connectivity index is 1.29. The van der Waals surface area contributed by atoms with Crippen LogP contribution in [0.5, 0.6) is 0 Å². The number of aromatic nitrogens is 3. The Hall–Kier alpha value is -3.06. The fraction of sp³-hybridized carbons (Fsp3) is 0.227. The minimum absolute atomic E-state index is 0.0938. The first-order chi connectivity index (χ1) is 14.2. The van der Waals surface area contributed by atoms with Gasteiger partial charge in [0.1, 0.15) is 0 Å². The van der Waals surface area contributed by atoms with Gasteiger partial charge in [-0.3, -0.25) is 4.79 Å². The molecule has 1 unspecified atom stereocenters. The summed E-state index contributed by atoms with van der Waals surface area (Å²) in [7, 11) is 0. The lowest BCUT2D eigenvalue weighted by Crippen LogP contribution is -2.40. The maximum absolute atomic E-state index is 12.9. The van der Waals surface area contributed by atoms with E-state index in [0.717, 1.165) is 29.4 Å². The largest absolute Gasteiger partial charge is 0.411 e. The van der Waals surface area contributed by atoms with Crippen LogP contribution >= 0.6 is 11.8 Å². The van der Waals surface area contributed by atoms with E-state index in [0.29, 0.717) is 17.7 Å². The zero-order valence-electron chi connectivity index (χ0n) is 16.0. The number of fused-ring (bicyclic) bond motifs is 2. The third kappa shape index (κ3) is 3.42. The number of aromatic amines is 1. The molecule has 3 heterocycles. The zero-order chi connectivity index (χ0) is 19.8. The molecule has 1 aliphatic rings. The molecule has 0 fully saturated rings. The Morgan fingerprint density at radius 3 is 2.83 bits per heavy atom. The van der Waals surface area contributed by atoms with Crippen molar-refractivity contribution in [2.24, 2.45) is 0 Å². The molecule has 0 aliphatic carbocycles. The van der Waals surface area contributed by atoms with Crippen LogP contribution < -0.4 is 0 Å². The fourth-order valence-corrected chi connectivity index (χ4v) is 4.52. The Labute approximate surface area is 172 Å². The first-order valence-corrected chi connectivity index (χ1v) is 10.5. The maximum atomic E-state index is 12.9. The van der Waals surface area contributed by atoms with Crippen molar-refractivity contribution in [3.8, 4) is 11.5 Å². The number of amides is 1. The van der Waals surface area contributed by atoms with Crippen molar-refractivity contribution >= 4 is 28.6 Å². The third-order valence-electron chi connectivity index (χ3n) is 5.29. The highest BCUT2D eigenvalue weighted by molar-refractivity contribution is 8.00. The molecule has 7 heteroatoms. The van der Waals surface area contributed by atoms with Gasteiger partial charge >= 0.3 is 0 Å². The van der Waals surface area contributed by atoms with Crippen LogP contribution in [0.1, 0.15) is 18.1 Å². The van der Waals surface area contributed by atoms with Gasteiger partial charge in [0.05, 0.1) is 10.8 Å². The summed E-state index contributed by atoms with van der Waals surface area (Å²) in [5, 5.41) is 9.47. The summed E-state index contributed by atoms with van der Waals surface area (Å²) in [6, 6.07) is 16.3. The lowest BCUT2D eigenvalue weighted by molar-refractivity contribution is -0.131. The van der Waals surface area contributed by atoms with Gasteiger partial charge in [-0.25, -0.2) is 0 Å². The lowest BCUT2D eigenvalue weighted by atomic mass is 10.00. The standard InChI is InChI=1S/C22H20N4O2S/c1-14(21(27)26-11-10-15-6-2-3-7-16(15)13-26)29-22-25-24-20(28-22)18-12-23-19-9-5-4-8-17(18)19/h2-9,12,14,23H,10-11,13H2,1H3. The number of rotatable bonds is 4. The SMILES string of the molecule is CC(Sc1nnc(-c2c[nH]c3ccccc23)o1)C(=O)N1CCc2ccccc2C1. The van der Waals surface area contributed by atoms with Crippen molar-refractivity contribution in [3.63, 3.8) is 0 Å². The number of carbonyl (C=O) groups excluding carboxylic acids is 1. The zero-order valence-corrected chi connectivity index (χ0v) is 16.8. The molecule has 0 radical (unpaired) electrons. The second kappa shape index (κ2) is 7.40. The highest BCUT2D eigenvalue weighted by Gasteiger charge is 2.27. The Morgan fingerprint density at radius 2 is 1.93 bits per heavy atom. The fourth-order valence-electron chi connectivity index (χ4n) is 3.76. The second-order valence-electron chi connectivity index (χ2n) is 7.16. The number of benzene rings is 2. The summed E-state index contributed by atoms with van der Waals surface area (Å²) in [4.78, 5) is 18.1. The van der Waals surface area contributed by atoms with Crippen molar-refractivity contribution in [2.75, 3.05) is 6.54 Å². The molecule has 0 bridgehead atoms. The number of nitrogens with one attached hydrogen (secondary N) is 1. The van der Waals surface area contributed by atoms with Gasteiger partial charge in [-0.2, -0.15) is 0 Å². The minimum Gasteiger partial charge on any atom is -0.411 e. The molecule has 1 aliphatic heterocycles. The summed E-state index contributed by atoms with van der Waals surface area (Å²) < 4.78 is 5.85. The van der Waals surface area contributed by atoms with E-state index in [2.05, 4.69) is 33.4 Å². The number of carbonyl (C=O) groups is 1. The molecule has 29 heavy (non-hydrogen) atoms. The summed E-state index contributed by atoms with van der Waals surface area (Å²) in [5.74, 6) is 0.549. The number of hydrogen-bond donors (Lipinski definition) is 1. The van der Waals surface area contributed by atoms with E-state index in [4.69, 9.17) is 4.42 Å². The van der Waals surface area contributed by atoms with Crippen LogP contribution in [0.3, 0.4) is 0 Å². The molecule has 0 spiro atoms. The Morgan fingerprint density at radius 1 is 1.14 bits per heavy atom. The molecule has 1 N–H and O–H groups in total. The second-order valence-corrected chi connectivity index (χ2v) is 8.45. The monoisotopic (exact) mass is 404 g/mol. The summed E-state index contributed by atoms with van der Waals surface area (Å²) in [6.45, 7) is 3.29. The van der Waals surface area contributed by atoms with Gasteiger partial charge in [0.2, 0.25) is 5.91 Å². The molecule has 146 valence electrons. The van der Waals surface area contributed by atoms with Crippen LogP contribution in [0.2, 0.25) is 0 Å². The predicted molar refractivity (Wildman–Crippen MR) is 112 cm³/mol. The predicted octanol–water partition coefficient (Wildman–Crippen LogP) is 4.28. The van der Waals surface area contributed by atoms with Gasteiger partial charge in [0.25, 0.3) is 11.1 Å². The van der Waals surface area contributed by atoms with E-state index < -0.39 is 0 Å². The third-order valence-corrected chi connectivity index (χ3v) is 6.22. The van der Waals surface area contributed by atoms with Crippen LogP contribution in [0.25, 0.3) is 22.4 Å². The van der Waals surface area contributed by atoms with Crippen molar-refractivity contribution < 1.29 is 9.21 Å². The lowest BCUT2D eigenvalue weighted by Gasteiger charge is -2.30. The van der Waals surface area contributed by atoms with Gasteiger partial charge in [-0.15, -0.1) is 10.2 Å². The first-order valence-electron chi connectivity index (χ1n) is 9.61. The number of nitrogens with zero attached hydrogens (tertiary/aromatic N) is 3. The molecule has 2 aromatic heterocycles. The molecule has 6 nitrogen and oxygen atoms in total. The molecule has 2 aromatic carbocycles. The topological polar surface area (TPSA) is 75.0 Å². The van der Waals surface area contributed by atoms with Crippen molar-refractivity contribution in [2.45, 2.75) is 30.4 Å². The smallest absolute Gasteiger partial charge is 0.277 e. The average molecular weight is 404 g/mol. The highest BCUT2D eigenvalue weighted by atomic mass is 32.2. The molecule has 0 saturated heterocycles. The van der Waals surface area contributed by atoms with E-state index in [-0.39, 0.29) is 11.2 Å². The first kappa shape index (κ1) is 18.0. The van der Waals surface area contributed by atoms with E-state index in [9.17, 15) is 4.79 Å². The number of H-pyrrole nitrogens is 1. The van der Waals surface area contributed by atoms with Crippen LogP contribution in [0.4, 0.5) is 0 Å². The average Bonchev–Trinajstić information content (AvgIpc) is 3.39. The van der Waals surface area contributed by atoms with Crippen molar-refractivity contribution in [1.29, 1.82) is 0 Å². The molecule has 1 atom stereocenters. The van der Waals surface area contributed by atoms with Gasteiger partial charge in [-0.1, -0.05) is 54.2 Å². The van der Waals surface area contributed by atoms with E-state index in [1.54, 1.807) is 0 Å². The van der Waals surface area contributed by atoms with Gasteiger partial charge < -0.3 is 14.3 Å². The van der Waals surface area contributed by atoms with Crippen LogP contribution in [-0.4, -0.2) is 37.8 Å². The van der Waals surface area contributed by atoms with E-state index in [1.165, 1.54) is 22.9 Å². The molecular formula is C22H20N4O2S. The van der Waals surface area contributed by atoms with Crippen molar-refractivity contribution in [1.82, 2.24) is 20.1 Å². The summed E-state index contributed by atoms with van der Waals surface area (Å²) in [5.41, 5.74) is 4.44. The summed E-state index contributed by atoms with van der Waals surface area (Å²) in [6.07, 6.45) is 2.76. The normalized spacial score (nSPS) is 14.7. The molecule has 0 saturated carbocycles. The van der Waals surface area contributed by atoms with Crippen LogP contribution in [0.15, 0.2) is 64.4 Å². The van der Waals surface area contributed by atoms with E-state index >= 15 is 0 Å². The van der Waals surface area contributed by atoms with Gasteiger partial charge in [0, 0.05) is 30.2 Å². The number of thioether (sulfide) groups is 1.